The Morgan fingerprint density at radius 3 is 2.85 bits per heavy atom. The molecule has 0 aliphatic rings. The molecule has 3 heterocycles. The van der Waals surface area contributed by atoms with Gasteiger partial charge in [0.05, 0.1) is 5.75 Å². The molecule has 0 atom stereocenters. The number of nitrogens with one attached hydrogen (secondary N) is 1. The van der Waals surface area contributed by atoms with Gasteiger partial charge in [-0.15, -0.1) is 10.2 Å². The minimum absolute atomic E-state index is 0.244. The number of anilines is 1. The largest absolute Gasteiger partial charge is 0.356 e. The molecule has 4 aromatic rings. The van der Waals surface area contributed by atoms with E-state index in [4.69, 9.17) is 4.52 Å². The van der Waals surface area contributed by atoms with Crippen molar-refractivity contribution in [2.24, 2.45) is 0 Å². The lowest BCUT2D eigenvalue weighted by Gasteiger charge is -2.01. The van der Waals surface area contributed by atoms with Gasteiger partial charge in [-0.2, -0.15) is 16.3 Å². The first-order valence-electron chi connectivity index (χ1n) is 7.56. The molecule has 10 heteroatoms. The van der Waals surface area contributed by atoms with Gasteiger partial charge in [0.25, 0.3) is 0 Å². The third-order valence-electron chi connectivity index (χ3n) is 3.33. The van der Waals surface area contributed by atoms with Gasteiger partial charge in [-0.3, -0.25) is 0 Å². The van der Waals surface area contributed by atoms with E-state index in [9.17, 15) is 4.39 Å². The minimum Gasteiger partial charge on any atom is -0.356 e. The fraction of sp³-hybridized carbons (Fsp3) is 0.125. The Morgan fingerprint density at radius 1 is 1.15 bits per heavy atom. The summed E-state index contributed by atoms with van der Waals surface area (Å²) < 4.78 is 19.0. The van der Waals surface area contributed by atoms with E-state index in [0.717, 1.165) is 15.5 Å². The van der Waals surface area contributed by atoms with E-state index in [-0.39, 0.29) is 5.82 Å². The highest BCUT2D eigenvalue weighted by Crippen LogP contribution is 2.29. The second-order valence-corrected chi connectivity index (χ2v) is 8.15. The smallest absolute Gasteiger partial charge is 0.237 e. The molecule has 1 N–H and O–H groups in total. The van der Waals surface area contributed by atoms with Gasteiger partial charge < -0.3 is 9.84 Å². The van der Waals surface area contributed by atoms with Gasteiger partial charge in [0.15, 0.2) is 4.34 Å². The molecule has 0 spiro atoms. The average molecular weight is 406 g/mol. The average Bonchev–Trinajstić information content (AvgIpc) is 3.40. The molecule has 0 aliphatic carbocycles. The quantitative estimate of drug-likeness (QED) is 0.447. The molecule has 6 nitrogen and oxygen atoms in total. The molecule has 0 bridgehead atoms. The fourth-order valence-electron chi connectivity index (χ4n) is 2.07. The normalized spacial score (nSPS) is 11.0. The van der Waals surface area contributed by atoms with Crippen LogP contribution in [0.1, 0.15) is 11.5 Å². The highest BCUT2D eigenvalue weighted by molar-refractivity contribution is 8.00. The first kappa shape index (κ1) is 17.1. The molecule has 3 aromatic heterocycles. The summed E-state index contributed by atoms with van der Waals surface area (Å²) in [5.74, 6) is 1.43. The van der Waals surface area contributed by atoms with Crippen LogP contribution in [0.25, 0.3) is 11.4 Å². The Bertz CT molecular complexity index is 968. The summed E-state index contributed by atoms with van der Waals surface area (Å²) in [5.41, 5.74) is 1.93. The van der Waals surface area contributed by atoms with Crippen LogP contribution in [0, 0.1) is 5.82 Å². The van der Waals surface area contributed by atoms with E-state index in [1.807, 2.05) is 16.8 Å². The lowest BCUT2D eigenvalue weighted by atomic mass is 10.2. The highest BCUT2D eigenvalue weighted by Gasteiger charge is 2.11. The molecule has 1 aromatic carbocycles. The molecule has 0 radical (unpaired) electrons. The van der Waals surface area contributed by atoms with E-state index >= 15 is 0 Å². The van der Waals surface area contributed by atoms with Crippen molar-refractivity contribution in [3.05, 3.63) is 58.4 Å². The van der Waals surface area contributed by atoms with Gasteiger partial charge in [0.1, 0.15) is 5.82 Å². The Hall–Kier alpha value is -2.30. The van der Waals surface area contributed by atoms with Gasteiger partial charge in [-0.05, 0) is 29.1 Å². The monoisotopic (exact) mass is 405 g/mol. The molecule has 4 rings (SSSR count). The third kappa shape index (κ3) is 4.26. The van der Waals surface area contributed by atoms with Gasteiger partial charge in [0, 0.05) is 17.5 Å². The summed E-state index contributed by atoms with van der Waals surface area (Å²) in [5, 5.41) is 20.1. The molecule has 26 heavy (non-hydrogen) atoms. The Balaban J connectivity index is 1.30. The van der Waals surface area contributed by atoms with Crippen molar-refractivity contribution in [3.8, 4) is 11.4 Å². The van der Waals surface area contributed by atoms with E-state index in [2.05, 4.69) is 25.7 Å². The van der Waals surface area contributed by atoms with Crippen molar-refractivity contribution in [1.82, 2.24) is 20.3 Å². The predicted octanol–water partition coefficient (Wildman–Crippen LogP) is 4.69. The van der Waals surface area contributed by atoms with Crippen molar-refractivity contribution >= 4 is 39.6 Å². The summed E-state index contributed by atoms with van der Waals surface area (Å²) in [4.78, 5) is 4.38. The SMILES string of the molecule is Fc1ccc(CNc2nnc(SCc3nc(-c4ccsc4)no3)s2)cc1. The zero-order chi connectivity index (χ0) is 17.8. The highest BCUT2D eigenvalue weighted by atomic mass is 32.2. The van der Waals surface area contributed by atoms with E-state index < -0.39 is 0 Å². The van der Waals surface area contributed by atoms with Crippen molar-refractivity contribution in [1.29, 1.82) is 0 Å². The molecule has 0 fully saturated rings. The standard InChI is InChI=1S/C16H12FN5OS3/c17-12-3-1-10(2-4-12)7-18-15-20-21-16(26-15)25-9-13-19-14(22-23-13)11-5-6-24-8-11/h1-6,8H,7,9H2,(H,18,20). The molecule has 0 unspecified atom stereocenters. The molecule has 132 valence electrons. The zero-order valence-corrected chi connectivity index (χ0v) is 15.7. The number of benzene rings is 1. The van der Waals surface area contributed by atoms with Crippen molar-refractivity contribution in [2.75, 3.05) is 5.32 Å². The fourth-order valence-corrected chi connectivity index (χ4v) is 4.28. The maximum atomic E-state index is 12.9. The number of hydrogen-bond donors (Lipinski definition) is 1. The van der Waals surface area contributed by atoms with Crippen molar-refractivity contribution in [2.45, 2.75) is 16.6 Å². The van der Waals surface area contributed by atoms with Gasteiger partial charge in [0.2, 0.25) is 16.8 Å². The molecular formula is C16H12FN5OS3. The number of thioether (sulfide) groups is 1. The second-order valence-electron chi connectivity index (χ2n) is 5.17. The lowest BCUT2D eigenvalue weighted by molar-refractivity contribution is 0.391. The van der Waals surface area contributed by atoms with Gasteiger partial charge >= 0.3 is 0 Å². The van der Waals surface area contributed by atoms with Crippen LogP contribution in [0.3, 0.4) is 0 Å². The van der Waals surface area contributed by atoms with Crippen LogP contribution >= 0.6 is 34.4 Å². The van der Waals surface area contributed by atoms with Gasteiger partial charge in [-0.25, -0.2) is 4.39 Å². The Labute approximate surface area is 160 Å². The topological polar surface area (TPSA) is 76.7 Å². The van der Waals surface area contributed by atoms with Crippen LogP contribution in [0.15, 0.2) is 50.0 Å². The second kappa shape index (κ2) is 7.94. The van der Waals surface area contributed by atoms with Crippen LogP contribution in [0.2, 0.25) is 0 Å². The lowest BCUT2D eigenvalue weighted by Crippen LogP contribution is -1.98. The van der Waals surface area contributed by atoms with Crippen LogP contribution in [-0.2, 0) is 12.3 Å². The molecule has 0 saturated carbocycles. The van der Waals surface area contributed by atoms with Crippen LogP contribution in [0.5, 0.6) is 0 Å². The maximum Gasteiger partial charge on any atom is 0.237 e. The Kier molecular flexibility index (Phi) is 5.23. The first-order valence-corrected chi connectivity index (χ1v) is 10.3. The van der Waals surface area contributed by atoms with Crippen molar-refractivity contribution < 1.29 is 8.91 Å². The summed E-state index contributed by atoms with van der Waals surface area (Å²) in [6.45, 7) is 0.563. The maximum absolute atomic E-state index is 12.9. The molecule has 0 amide bonds. The Morgan fingerprint density at radius 2 is 2.04 bits per heavy atom. The first-order chi connectivity index (χ1) is 12.8. The van der Waals surface area contributed by atoms with E-state index in [1.165, 1.54) is 35.2 Å². The van der Waals surface area contributed by atoms with Crippen molar-refractivity contribution in [3.63, 3.8) is 0 Å². The number of rotatable bonds is 7. The number of nitrogens with zero attached hydrogens (tertiary/aromatic N) is 4. The number of halogens is 1. The number of aromatic nitrogens is 4. The van der Waals surface area contributed by atoms with Crippen LogP contribution in [0.4, 0.5) is 9.52 Å². The number of thiophene rings is 1. The number of hydrogen-bond acceptors (Lipinski definition) is 9. The van der Waals surface area contributed by atoms with Crippen LogP contribution in [-0.4, -0.2) is 20.3 Å². The zero-order valence-electron chi connectivity index (χ0n) is 13.3. The predicted molar refractivity (Wildman–Crippen MR) is 101 cm³/mol. The summed E-state index contributed by atoms with van der Waals surface area (Å²) >= 11 is 4.53. The third-order valence-corrected chi connectivity index (χ3v) is 6.01. The summed E-state index contributed by atoms with van der Waals surface area (Å²) in [7, 11) is 0. The van der Waals surface area contributed by atoms with E-state index in [0.29, 0.717) is 29.1 Å². The van der Waals surface area contributed by atoms with Gasteiger partial charge in [-0.1, -0.05) is 40.4 Å². The molecule has 0 aliphatic heterocycles. The summed E-state index contributed by atoms with van der Waals surface area (Å²) in [6.07, 6.45) is 0. The summed E-state index contributed by atoms with van der Waals surface area (Å²) in [6, 6.07) is 8.30. The molecule has 0 saturated heterocycles. The minimum atomic E-state index is -0.244. The van der Waals surface area contributed by atoms with Crippen LogP contribution < -0.4 is 5.32 Å². The van der Waals surface area contributed by atoms with E-state index in [1.54, 1.807) is 23.5 Å². The molecular weight excluding hydrogens is 393 g/mol.